The van der Waals surface area contributed by atoms with Crippen molar-refractivity contribution < 1.29 is 18.7 Å². The summed E-state index contributed by atoms with van der Waals surface area (Å²) in [4.78, 5) is 10.2. The minimum Gasteiger partial charge on any atom is -0.478 e. The molecule has 2 unspecified atom stereocenters. The minimum absolute atomic E-state index is 0.272. The van der Waals surface area contributed by atoms with E-state index in [2.05, 4.69) is 25.0 Å². The number of alkyl halides is 2. The summed E-state index contributed by atoms with van der Waals surface area (Å²) in [6.07, 6.45) is -1.00. The number of H-pyrrole nitrogens is 1. The topological polar surface area (TPSA) is 92.0 Å². The number of aromatic carboxylic acids is 1. The predicted octanol–water partition coefficient (Wildman–Crippen LogP) is 5.61. The SMILES string of the molecule is CCC1C(=C(Cl)Cl)C(C)c2cccc(N)c21.O=C(O)c1cn[nH]c1C(F)F. The number of halogens is 4. The number of rotatable bonds is 3. The van der Waals surface area contributed by atoms with Crippen molar-refractivity contribution in [2.75, 3.05) is 5.73 Å². The van der Waals surface area contributed by atoms with Gasteiger partial charge in [-0.3, -0.25) is 5.10 Å². The average Bonchev–Trinajstić information content (AvgIpc) is 3.19. The Morgan fingerprint density at radius 1 is 1.41 bits per heavy atom. The monoisotopic (exact) mass is 417 g/mol. The summed E-state index contributed by atoms with van der Waals surface area (Å²) in [5.74, 6) is -0.862. The first-order valence-corrected chi connectivity index (χ1v) is 8.94. The maximum absolute atomic E-state index is 11.9. The van der Waals surface area contributed by atoms with Gasteiger partial charge < -0.3 is 10.8 Å². The molecular formula is C18H19Cl2F2N3O2. The molecule has 1 aliphatic rings. The number of allylic oxidation sites excluding steroid dienone is 1. The van der Waals surface area contributed by atoms with Crippen molar-refractivity contribution >= 4 is 34.9 Å². The number of nitrogens with two attached hydrogens (primary N) is 1. The highest BCUT2D eigenvalue weighted by Crippen LogP contribution is 2.51. The first-order valence-electron chi connectivity index (χ1n) is 8.18. The molecule has 5 nitrogen and oxygen atoms in total. The van der Waals surface area contributed by atoms with E-state index in [1.165, 1.54) is 11.1 Å². The Hall–Kier alpha value is -2.12. The molecule has 2 atom stereocenters. The van der Waals surface area contributed by atoms with Crippen molar-refractivity contribution in [1.82, 2.24) is 10.2 Å². The van der Waals surface area contributed by atoms with Gasteiger partial charge >= 0.3 is 5.97 Å². The summed E-state index contributed by atoms with van der Waals surface area (Å²) >= 11 is 12.0. The summed E-state index contributed by atoms with van der Waals surface area (Å²) < 4.78 is 24.2. The Labute approximate surface area is 165 Å². The number of hydrogen-bond donors (Lipinski definition) is 3. The van der Waals surface area contributed by atoms with Crippen LogP contribution in [-0.2, 0) is 0 Å². The second-order valence-corrected chi connectivity index (χ2v) is 7.00. The molecule has 1 heterocycles. The maximum Gasteiger partial charge on any atom is 0.339 e. The summed E-state index contributed by atoms with van der Waals surface area (Å²) in [7, 11) is 0. The van der Waals surface area contributed by atoms with E-state index < -0.39 is 23.7 Å². The standard InChI is InChI=1S/C13H15Cl2N.C5H4F2N2O2/c1-3-8-11(13(14)15)7(2)9-5-4-6-10(16)12(8)9;6-4(7)3-2(5(10)11)1-8-9-3/h4-8H,3,16H2,1-2H3;1,4H,(H,8,9)(H,10,11). The van der Waals surface area contributed by atoms with Crippen molar-refractivity contribution in [3.63, 3.8) is 0 Å². The van der Waals surface area contributed by atoms with Gasteiger partial charge in [0.1, 0.15) is 15.7 Å². The van der Waals surface area contributed by atoms with Crippen LogP contribution in [0.5, 0.6) is 0 Å². The molecule has 0 fully saturated rings. The minimum atomic E-state index is -2.83. The Morgan fingerprint density at radius 2 is 2.07 bits per heavy atom. The van der Waals surface area contributed by atoms with Gasteiger partial charge in [0.2, 0.25) is 0 Å². The Morgan fingerprint density at radius 3 is 2.56 bits per heavy atom. The molecule has 0 spiro atoms. The first-order chi connectivity index (χ1) is 12.7. The quantitative estimate of drug-likeness (QED) is 0.565. The largest absolute Gasteiger partial charge is 0.478 e. The molecule has 9 heteroatoms. The van der Waals surface area contributed by atoms with Crippen LogP contribution in [0.2, 0.25) is 0 Å². The fourth-order valence-corrected chi connectivity index (χ4v) is 3.95. The number of carboxylic acid groups (broad SMARTS) is 1. The molecule has 0 aliphatic heterocycles. The normalized spacial score (nSPS) is 18.1. The van der Waals surface area contributed by atoms with Crippen LogP contribution >= 0.6 is 23.2 Å². The molecule has 146 valence electrons. The molecular weight excluding hydrogens is 399 g/mol. The van der Waals surface area contributed by atoms with Crippen LogP contribution in [0, 0.1) is 0 Å². The summed E-state index contributed by atoms with van der Waals surface area (Å²) in [5, 5.41) is 13.4. The van der Waals surface area contributed by atoms with E-state index in [1.807, 2.05) is 17.2 Å². The van der Waals surface area contributed by atoms with Crippen LogP contribution in [0.25, 0.3) is 0 Å². The molecule has 4 N–H and O–H groups in total. The number of carbonyl (C=O) groups is 1. The Kier molecular flexibility index (Phi) is 6.84. The number of fused-ring (bicyclic) bond motifs is 1. The van der Waals surface area contributed by atoms with E-state index in [4.69, 9.17) is 34.0 Å². The van der Waals surface area contributed by atoms with Crippen molar-refractivity contribution in [1.29, 1.82) is 0 Å². The lowest BCUT2D eigenvalue weighted by Gasteiger charge is -2.14. The van der Waals surface area contributed by atoms with E-state index in [0.29, 0.717) is 4.49 Å². The maximum atomic E-state index is 11.9. The highest BCUT2D eigenvalue weighted by Gasteiger charge is 2.35. The Bertz CT molecular complexity index is 864. The summed E-state index contributed by atoms with van der Waals surface area (Å²) in [5.41, 5.74) is 9.35. The number of aromatic amines is 1. The van der Waals surface area contributed by atoms with E-state index in [-0.39, 0.29) is 11.8 Å². The van der Waals surface area contributed by atoms with E-state index in [0.717, 1.165) is 23.9 Å². The van der Waals surface area contributed by atoms with Crippen molar-refractivity contribution in [3.05, 3.63) is 56.8 Å². The summed E-state index contributed by atoms with van der Waals surface area (Å²) in [6.45, 7) is 4.27. The molecule has 0 saturated carbocycles. The molecule has 27 heavy (non-hydrogen) atoms. The molecule has 1 aromatic carbocycles. The lowest BCUT2D eigenvalue weighted by molar-refractivity contribution is 0.0684. The van der Waals surface area contributed by atoms with Crippen molar-refractivity contribution in [3.8, 4) is 0 Å². The number of aromatic nitrogens is 2. The Balaban J connectivity index is 0.000000208. The van der Waals surface area contributed by atoms with Gasteiger partial charge in [-0.1, -0.05) is 49.2 Å². The third-order valence-corrected chi connectivity index (χ3v) is 5.01. The lowest BCUT2D eigenvalue weighted by Crippen LogP contribution is -2.00. The average molecular weight is 418 g/mol. The fourth-order valence-electron chi connectivity index (χ4n) is 3.36. The van der Waals surface area contributed by atoms with Gasteiger partial charge in [0.15, 0.2) is 0 Å². The van der Waals surface area contributed by atoms with Gasteiger partial charge in [0, 0.05) is 17.5 Å². The van der Waals surface area contributed by atoms with Gasteiger partial charge in [-0.15, -0.1) is 0 Å². The second-order valence-electron chi connectivity index (χ2n) is 6.05. The number of nitrogen functional groups attached to an aromatic ring is 1. The zero-order valence-electron chi connectivity index (χ0n) is 14.6. The molecule has 0 amide bonds. The van der Waals surface area contributed by atoms with Crippen LogP contribution in [-0.4, -0.2) is 21.3 Å². The third kappa shape index (κ3) is 4.25. The van der Waals surface area contributed by atoms with Gasteiger partial charge in [-0.25, -0.2) is 13.6 Å². The number of anilines is 1. The zero-order valence-corrected chi connectivity index (χ0v) is 16.2. The van der Waals surface area contributed by atoms with Gasteiger partial charge in [-0.05, 0) is 29.2 Å². The van der Waals surface area contributed by atoms with Crippen LogP contribution in [0.15, 0.2) is 34.5 Å². The molecule has 0 bridgehead atoms. The smallest absolute Gasteiger partial charge is 0.339 e. The number of benzene rings is 1. The third-order valence-electron chi connectivity index (χ3n) is 4.57. The molecule has 2 aromatic rings. The van der Waals surface area contributed by atoms with E-state index >= 15 is 0 Å². The number of carboxylic acids is 1. The number of nitrogens with one attached hydrogen (secondary N) is 1. The molecule has 1 aliphatic carbocycles. The number of nitrogens with zero attached hydrogens (tertiary/aromatic N) is 1. The van der Waals surface area contributed by atoms with Gasteiger partial charge in [-0.2, -0.15) is 5.10 Å². The predicted molar refractivity (Wildman–Crippen MR) is 102 cm³/mol. The zero-order chi connectivity index (χ0) is 20.3. The number of hydrogen-bond acceptors (Lipinski definition) is 3. The van der Waals surface area contributed by atoms with Crippen LogP contribution in [0.3, 0.4) is 0 Å². The highest BCUT2D eigenvalue weighted by molar-refractivity contribution is 6.56. The van der Waals surface area contributed by atoms with Gasteiger partial charge in [0.25, 0.3) is 6.43 Å². The van der Waals surface area contributed by atoms with Crippen LogP contribution < -0.4 is 5.73 Å². The van der Waals surface area contributed by atoms with Crippen molar-refractivity contribution in [2.24, 2.45) is 0 Å². The van der Waals surface area contributed by atoms with Crippen LogP contribution in [0.4, 0.5) is 14.5 Å². The van der Waals surface area contributed by atoms with E-state index in [1.54, 1.807) is 0 Å². The van der Waals surface area contributed by atoms with Crippen molar-refractivity contribution in [2.45, 2.75) is 38.5 Å². The second kappa shape index (κ2) is 8.71. The molecule has 0 saturated heterocycles. The fraction of sp³-hybridized carbons (Fsp3) is 0.333. The highest BCUT2D eigenvalue weighted by atomic mass is 35.5. The van der Waals surface area contributed by atoms with Gasteiger partial charge in [0.05, 0.1) is 6.20 Å². The van der Waals surface area contributed by atoms with E-state index in [9.17, 15) is 13.6 Å². The lowest BCUT2D eigenvalue weighted by atomic mass is 9.93. The molecule has 3 rings (SSSR count). The molecule has 1 aromatic heterocycles. The molecule has 0 radical (unpaired) electrons. The summed E-state index contributed by atoms with van der Waals surface area (Å²) in [6, 6.07) is 6.05. The first kappa shape index (κ1) is 21.2. The van der Waals surface area contributed by atoms with Crippen LogP contribution in [0.1, 0.15) is 65.7 Å².